The molecule has 0 spiro atoms. The number of aliphatic carboxylic acids is 1. The van der Waals surface area contributed by atoms with Crippen LogP contribution in [0.3, 0.4) is 0 Å². The molecule has 0 radical (unpaired) electrons. The average Bonchev–Trinajstić information content (AvgIpc) is 2.38. The Hall–Kier alpha value is -1.59. The van der Waals surface area contributed by atoms with Crippen molar-refractivity contribution in [2.24, 2.45) is 5.92 Å². The number of nitrogens with zero attached hydrogens (tertiary/aromatic N) is 1. The third kappa shape index (κ3) is 5.72. The molecule has 1 heterocycles. The van der Waals surface area contributed by atoms with Gasteiger partial charge in [-0.05, 0) is 25.2 Å². The first-order valence-electron chi connectivity index (χ1n) is 6.83. The van der Waals surface area contributed by atoms with Crippen molar-refractivity contribution in [2.45, 2.75) is 45.4 Å². The second kappa shape index (κ2) is 7.76. The number of hydrogen-bond acceptors (Lipinski definition) is 3. The van der Waals surface area contributed by atoms with Gasteiger partial charge in [0.25, 0.3) is 0 Å². The Morgan fingerprint density at radius 2 is 2.05 bits per heavy atom. The lowest BCUT2D eigenvalue weighted by Crippen LogP contribution is -2.47. The van der Waals surface area contributed by atoms with Crippen molar-refractivity contribution in [3.8, 4) is 0 Å². The number of carbonyl (C=O) groups excluding carboxylic acids is 2. The Kier molecular flexibility index (Phi) is 6.32. The molecule has 6 heteroatoms. The molecular weight excluding hydrogens is 248 g/mol. The highest BCUT2D eigenvalue weighted by Crippen LogP contribution is 2.18. The summed E-state index contributed by atoms with van der Waals surface area (Å²) in [5, 5.41) is 10.8. The highest BCUT2D eigenvalue weighted by atomic mass is 16.4. The molecule has 19 heavy (non-hydrogen) atoms. The number of hydrogen-bond donors (Lipinski definition) is 2. The van der Waals surface area contributed by atoms with Crippen LogP contribution in [-0.2, 0) is 9.59 Å². The molecule has 0 aliphatic carbocycles. The van der Waals surface area contributed by atoms with E-state index in [1.165, 1.54) is 0 Å². The van der Waals surface area contributed by atoms with E-state index in [4.69, 9.17) is 5.11 Å². The van der Waals surface area contributed by atoms with Crippen LogP contribution in [-0.4, -0.2) is 41.0 Å². The van der Waals surface area contributed by atoms with Crippen molar-refractivity contribution in [2.75, 3.05) is 13.1 Å². The number of carboxylic acid groups (broad SMARTS) is 1. The maximum absolute atomic E-state index is 11.8. The molecule has 6 nitrogen and oxygen atoms in total. The van der Waals surface area contributed by atoms with E-state index in [1.54, 1.807) is 4.90 Å². The summed E-state index contributed by atoms with van der Waals surface area (Å²) in [5.74, 6) is -0.813. The molecular formula is C13H22N2O4. The highest BCUT2D eigenvalue weighted by molar-refractivity contribution is 5.94. The van der Waals surface area contributed by atoms with E-state index < -0.39 is 11.9 Å². The molecule has 0 saturated carbocycles. The van der Waals surface area contributed by atoms with Crippen LogP contribution in [0, 0.1) is 5.92 Å². The Balaban J connectivity index is 2.29. The van der Waals surface area contributed by atoms with Gasteiger partial charge in [-0.3, -0.25) is 14.9 Å². The summed E-state index contributed by atoms with van der Waals surface area (Å²) in [4.78, 5) is 35.3. The van der Waals surface area contributed by atoms with Gasteiger partial charge in [0.1, 0.15) is 0 Å². The first kappa shape index (κ1) is 15.5. The molecule has 0 aromatic rings. The van der Waals surface area contributed by atoms with Crippen molar-refractivity contribution in [3.05, 3.63) is 0 Å². The minimum Gasteiger partial charge on any atom is -0.481 e. The summed E-state index contributed by atoms with van der Waals surface area (Å²) in [6, 6.07) is -0.349. The standard InChI is InChI=1S/C13H22N2O4/c1-2-10-5-4-8-15(9-10)13(19)14-11(16)6-3-7-12(17)18/h10H,2-9H2,1H3,(H,17,18)(H,14,16,19). The summed E-state index contributed by atoms with van der Waals surface area (Å²) in [6.07, 6.45) is 3.42. The average molecular weight is 270 g/mol. The lowest BCUT2D eigenvalue weighted by atomic mass is 9.96. The Morgan fingerprint density at radius 3 is 2.68 bits per heavy atom. The minimum absolute atomic E-state index is 0.0523. The van der Waals surface area contributed by atoms with Gasteiger partial charge in [-0.25, -0.2) is 4.79 Å². The van der Waals surface area contributed by atoms with E-state index in [0.717, 1.165) is 19.3 Å². The Labute approximate surface area is 113 Å². The van der Waals surface area contributed by atoms with Gasteiger partial charge in [-0.2, -0.15) is 0 Å². The molecule has 1 rings (SSSR count). The lowest BCUT2D eigenvalue weighted by Gasteiger charge is -2.32. The predicted octanol–water partition coefficient (Wildman–Crippen LogP) is 1.60. The largest absolute Gasteiger partial charge is 0.481 e. The fraction of sp³-hybridized carbons (Fsp3) is 0.769. The van der Waals surface area contributed by atoms with Crippen molar-refractivity contribution in [1.29, 1.82) is 0 Å². The van der Waals surface area contributed by atoms with Crippen molar-refractivity contribution in [3.63, 3.8) is 0 Å². The molecule has 1 unspecified atom stereocenters. The first-order chi connectivity index (χ1) is 9.02. The lowest BCUT2D eigenvalue weighted by molar-refractivity contribution is -0.137. The smallest absolute Gasteiger partial charge is 0.324 e. The molecule has 0 bridgehead atoms. The van der Waals surface area contributed by atoms with Gasteiger partial charge in [-0.15, -0.1) is 0 Å². The van der Waals surface area contributed by atoms with E-state index in [0.29, 0.717) is 19.0 Å². The zero-order chi connectivity index (χ0) is 14.3. The van der Waals surface area contributed by atoms with Crippen LogP contribution >= 0.6 is 0 Å². The van der Waals surface area contributed by atoms with Gasteiger partial charge < -0.3 is 10.0 Å². The normalized spacial score (nSPS) is 19.0. The fourth-order valence-electron chi connectivity index (χ4n) is 2.24. The van der Waals surface area contributed by atoms with Crippen LogP contribution in [0.15, 0.2) is 0 Å². The molecule has 0 aromatic heterocycles. The molecule has 1 saturated heterocycles. The monoisotopic (exact) mass is 270 g/mol. The van der Waals surface area contributed by atoms with Gasteiger partial charge in [0, 0.05) is 25.9 Å². The Bertz CT molecular complexity index is 344. The number of piperidine rings is 1. The van der Waals surface area contributed by atoms with Crippen LogP contribution in [0.4, 0.5) is 4.79 Å². The summed E-state index contributed by atoms with van der Waals surface area (Å²) in [7, 11) is 0. The molecule has 1 atom stereocenters. The Morgan fingerprint density at radius 1 is 1.32 bits per heavy atom. The molecule has 1 aliphatic rings. The summed E-state index contributed by atoms with van der Waals surface area (Å²) < 4.78 is 0. The van der Waals surface area contributed by atoms with Gasteiger partial charge in [-0.1, -0.05) is 13.3 Å². The number of carboxylic acids is 1. The van der Waals surface area contributed by atoms with E-state index in [2.05, 4.69) is 12.2 Å². The van der Waals surface area contributed by atoms with Crippen LogP contribution in [0.1, 0.15) is 45.4 Å². The topological polar surface area (TPSA) is 86.7 Å². The molecule has 108 valence electrons. The van der Waals surface area contributed by atoms with E-state index in [1.807, 2.05) is 0 Å². The van der Waals surface area contributed by atoms with Crippen molar-refractivity contribution >= 4 is 17.9 Å². The zero-order valence-electron chi connectivity index (χ0n) is 11.4. The van der Waals surface area contributed by atoms with Crippen LogP contribution in [0.5, 0.6) is 0 Å². The molecule has 1 aliphatic heterocycles. The van der Waals surface area contributed by atoms with E-state index >= 15 is 0 Å². The van der Waals surface area contributed by atoms with Crippen molar-refractivity contribution < 1.29 is 19.5 Å². The maximum Gasteiger partial charge on any atom is 0.324 e. The summed E-state index contributed by atoms with van der Waals surface area (Å²) in [6.45, 7) is 3.48. The third-order valence-electron chi connectivity index (χ3n) is 3.42. The number of nitrogens with one attached hydrogen (secondary N) is 1. The van der Waals surface area contributed by atoms with Gasteiger partial charge in [0.2, 0.25) is 5.91 Å². The molecule has 0 aromatic carbocycles. The van der Waals surface area contributed by atoms with Gasteiger partial charge in [0.15, 0.2) is 0 Å². The van der Waals surface area contributed by atoms with Gasteiger partial charge >= 0.3 is 12.0 Å². The van der Waals surface area contributed by atoms with Crippen LogP contribution < -0.4 is 5.32 Å². The first-order valence-corrected chi connectivity index (χ1v) is 6.83. The second-order valence-electron chi connectivity index (χ2n) is 4.96. The quantitative estimate of drug-likeness (QED) is 0.794. The SMILES string of the molecule is CCC1CCCN(C(=O)NC(=O)CCCC(=O)O)C1. The van der Waals surface area contributed by atoms with E-state index in [-0.39, 0.29) is 25.3 Å². The van der Waals surface area contributed by atoms with Crippen LogP contribution in [0.25, 0.3) is 0 Å². The van der Waals surface area contributed by atoms with Gasteiger partial charge in [0.05, 0.1) is 0 Å². The molecule has 2 N–H and O–H groups in total. The van der Waals surface area contributed by atoms with Crippen molar-refractivity contribution in [1.82, 2.24) is 10.2 Å². The predicted molar refractivity (Wildman–Crippen MR) is 69.6 cm³/mol. The number of urea groups is 1. The fourth-order valence-corrected chi connectivity index (χ4v) is 2.24. The third-order valence-corrected chi connectivity index (χ3v) is 3.42. The highest BCUT2D eigenvalue weighted by Gasteiger charge is 2.23. The number of imide groups is 1. The maximum atomic E-state index is 11.8. The zero-order valence-corrected chi connectivity index (χ0v) is 11.4. The summed E-state index contributed by atoms with van der Waals surface area (Å²) in [5.41, 5.74) is 0. The minimum atomic E-state index is -0.930. The van der Waals surface area contributed by atoms with E-state index in [9.17, 15) is 14.4 Å². The molecule has 3 amide bonds. The second-order valence-corrected chi connectivity index (χ2v) is 4.96. The summed E-state index contributed by atoms with van der Waals surface area (Å²) >= 11 is 0. The number of carbonyl (C=O) groups is 3. The number of amides is 3. The van der Waals surface area contributed by atoms with Crippen LogP contribution in [0.2, 0.25) is 0 Å². The number of likely N-dealkylation sites (tertiary alicyclic amines) is 1. The number of rotatable bonds is 5. The molecule has 1 fully saturated rings.